The molecule has 1 rings (SSSR count). The highest BCUT2D eigenvalue weighted by molar-refractivity contribution is 5.78. The second kappa shape index (κ2) is 5.59. The third-order valence-electron chi connectivity index (χ3n) is 4.05. The first kappa shape index (κ1) is 14.8. The van der Waals surface area contributed by atoms with Crippen molar-refractivity contribution in [2.75, 3.05) is 20.1 Å². The van der Waals surface area contributed by atoms with Crippen molar-refractivity contribution < 1.29 is 14.7 Å². The topological polar surface area (TPSA) is 60.9 Å². The maximum atomic E-state index is 12.2. The number of carboxylic acid groups (broad SMARTS) is 1. The molecule has 1 saturated heterocycles. The predicted molar refractivity (Wildman–Crippen MR) is 69.5 cm³/mol. The van der Waals surface area contributed by atoms with Gasteiger partial charge in [-0.05, 0) is 33.1 Å². The van der Waals surface area contributed by atoms with E-state index < -0.39 is 11.4 Å². The average Bonchev–Trinajstić information content (AvgIpc) is 2.36. The Kier molecular flexibility index (Phi) is 4.59. The minimum atomic E-state index is -0.783. The number of amides is 2. The van der Waals surface area contributed by atoms with Gasteiger partial charge in [-0.1, -0.05) is 6.92 Å². The number of piperidine rings is 1. The van der Waals surface area contributed by atoms with Crippen LogP contribution in [0.4, 0.5) is 4.79 Å². The van der Waals surface area contributed by atoms with E-state index in [1.807, 2.05) is 20.8 Å². The molecule has 0 bridgehead atoms. The van der Waals surface area contributed by atoms with Crippen LogP contribution >= 0.6 is 0 Å². The van der Waals surface area contributed by atoms with Crippen molar-refractivity contribution in [3.05, 3.63) is 0 Å². The molecule has 2 amide bonds. The molecule has 0 saturated carbocycles. The van der Waals surface area contributed by atoms with Gasteiger partial charge in [0.15, 0.2) is 0 Å². The summed E-state index contributed by atoms with van der Waals surface area (Å²) in [6, 6.07) is 0.0593. The number of hydrogen-bond acceptors (Lipinski definition) is 2. The summed E-state index contributed by atoms with van der Waals surface area (Å²) in [6.07, 6.45) is 1.99. The van der Waals surface area contributed by atoms with Crippen LogP contribution in [0.15, 0.2) is 0 Å². The highest BCUT2D eigenvalue weighted by Crippen LogP contribution is 2.34. The Morgan fingerprint density at radius 3 is 2.50 bits per heavy atom. The third kappa shape index (κ3) is 2.76. The standard InChI is InChI=1S/C13H24N2O3/c1-5-13(11(16)17)7-6-8-15(9-13)12(18)14(4)10(2)3/h10H,5-9H2,1-4H3,(H,16,17). The summed E-state index contributed by atoms with van der Waals surface area (Å²) in [4.78, 5) is 27.0. The molecule has 0 aromatic heterocycles. The molecule has 0 aromatic carbocycles. The monoisotopic (exact) mass is 256 g/mol. The molecule has 1 aliphatic heterocycles. The number of carboxylic acids is 1. The summed E-state index contributed by atoms with van der Waals surface area (Å²) in [5.74, 6) is -0.783. The van der Waals surface area contributed by atoms with Gasteiger partial charge in [0.2, 0.25) is 0 Å². The molecule has 1 fully saturated rings. The van der Waals surface area contributed by atoms with Crippen LogP contribution in [-0.2, 0) is 4.79 Å². The summed E-state index contributed by atoms with van der Waals surface area (Å²) in [6.45, 7) is 6.77. The van der Waals surface area contributed by atoms with Gasteiger partial charge in [0.1, 0.15) is 0 Å². The number of likely N-dealkylation sites (tertiary alicyclic amines) is 1. The molecule has 1 atom stereocenters. The number of carbonyl (C=O) groups is 2. The molecule has 1 aliphatic rings. The van der Waals surface area contributed by atoms with Gasteiger partial charge in [-0.15, -0.1) is 0 Å². The van der Waals surface area contributed by atoms with Gasteiger partial charge in [0, 0.05) is 26.2 Å². The smallest absolute Gasteiger partial charge is 0.320 e. The zero-order valence-electron chi connectivity index (χ0n) is 11.8. The Morgan fingerprint density at radius 2 is 2.06 bits per heavy atom. The highest BCUT2D eigenvalue weighted by atomic mass is 16.4. The van der Waals surface area contributed by atoms with E-state index in [1.165, 1.54) is 0 Å². The van der Waals surface area contributed by atoms with Crippen molar-refractivity contribution in [3.8, 4) is 0 Å². The summed E-state index contributed by atoms with van der Waals surface area (Å²) < 4.78 is 0. The average molecular weight is 256 g/mol. The van der Waals surface area contributed by atoms with Crippen LogP contribution in [0.2, 0.25) is 0 Å². The Labute approximate surface area is 109 Å². The number of rotatable bonds is 3. The van der Waals surface area contributed by atoms with E-state index in [0.29, 0.717) is 25.9 Å². The number of nitrogens with zero attached hydrogens (tertiary/aromatic N) is 2. The van der Waals surface area contributed by atoms with Gasteiger partial charge < -0.3 is 14.9 Å². The zero-order chi connectivity index (χ0) is 13.9. The van der Waals surface area contributed by atoms with E-state index in [4.69, 9.17) is 0 Å². The molecule has 0 spiro atoms. The molecule has 104 valence electrons. The first-order chi connectivity index (χ1) is 8.34. The molecule has 1 heterocycles. The summed E-state index contributed by atoms with van der Waals surface area (Å²) in [5, 5.41) is 9.38. The second-order valence-electron chi connectivity index (χ2n) is 5.45. The van der Waals surface area contributed by atoms with Crippen LogP contribution in [-0.4, -0.2) is 53.1 Å². The van der Waals surface area contributed by atoms with Crippen LogP contribution in [0.3, 0.4) is 0 Å². The first-order valence-electron chi connectivity index (χ1n) is 6.59. The molecule has 0 aromatic rings. The quantitative estimate of drug-likeness (QED) is 0.840. The molecule has 0 aliphatic carbocycles. The summed E-state index contributed by atoms with van der Waals surface area (Å²) in [7, 11) is 1.76. The lowest BCUT2D eigenvalue weighted by atomic mass is 9.78. The van der Waals surface area contributed by atoms with Crippen LogP contribution < -0.4 is 0 Å². The van der Waals surface area contributed by atoms with Crippen LogP contribution in [0, 0.1) is 5.41 Å². The SMILES string of the molecule is CCC1(C(=O)O)CCCN(C(=O)N(C)C(C)C)C1. The first-order valence-corrected chi connectivity index (χ1v) is 6.59. The second-order valence-corrected chi connectivity index (χ2v) is 5.45. The third-order valence-corrected chi connectivity index (χ3v) is 4.05. The Balaban J connectivity index is 2.81. The molecule has 1 unspecified atom stereocenters. The number of carbonyl (C=O) groups excluding carboxylic acids is 1. The molecule has 18 heavy (non-hydrogen) atoms. The van der Waals surface area contributed by atoms with Gasteiger partial charge in [0.25, 0.3) is 0 Å². The molecule has 0 radical (unpaired) electrons. The normalized spacial score (nSPS) is 24.2. The van der Waals surface area contributed by atoms with E-state index >= 15 is 0 Å². The lowest BCUT2D eigenvalue weighted by Crippen LogP contribution is -2.53. The molecular formula is C13H24N2O3. The van der Waals surface area contributed by atoms with Crippen molar-refractivity contribution >= 4 is 12.0 Å². The van der Waals surface area contributed by atoms with Gasteiger partial charge in [-0.25, -0.2) is 4.79 Å². The lowest BCUT2D eigenvalue weighted by molar-refractivity contribution is -0.152. The minimum absolute atomic E-state index is 0.0659. The highest BCUT2D eigenvalue weighted by Gasteiger charge is 2.42. The maximum absolute atomic E-state index is 12.2. The van der Waals surface area contributed by atoms with Gasteiger partial charge in [-0.3, -0.25) is 4.79 Å². The van der Waals surface area contributed by atoms with Crippen molar-refractivity contribution in [1.29, 1.82) is 0 Å². The van der Waals surface area contributed by atoms with Gasteiger partial charge >= 0.3 is 12.0 Å². The fraction of sp³-hybridized carbons (Fsp3) is 0.846. The molecular weight excluding hydrogens is 232 g/mol. The summed E-state index contributed by atoms with van der Waals surface area (Å²) in [5.41, 5.74) is -0.758. The molecule has 1 N–H and O–H groups in total. The van der Waals surface area contributed by atoms with Crippen molar-refractivity contribution in [1.82, 2.24) is 9.80 Å². The lowest BCUT2D eigenvalue weighted by Gasteiger charge is -2.41. The van der Waals surface area contributed by atoms with Gasteiger partial charge in [-0.2, -0.15) is 0 Å². The van der Waals surface area contributed by atoms with Crippen LogP contribution in [0.5, 0.6) is 0 Å². The Hall–Kier alpha value is -1.26. The zero-order valence-corrected chi connectivity index (χ0v) is 11.8. The van der Waals surface area contributed by atoms with Gasteiger partial charge in [0.05, 0.1) is 5.41 Å². The van der Waals surface area contributed by atoms with E-state index in [-0.39, 0.29) is 12.1 Å². The van der Waals surface area contributed by atoms with Crippen LogP contribution in [0.1, 0.15) is 40.0 Å². The van der Waals surface area contributed by atoms with E-state index in [1.54, 1.807) is 16.8 Å². The van der Waals surface area contributed by atoms with E-state index in [9.17, 15) is 14.7 Å². The Bertz CT molecular complexity index is 330. The van der Waals surface area contributed by atoms with E-state index in [2.05, 4.69) is 0 Å². The molecule has 5 heteroatoms. The van der Waals surface area contributed by atoms with Crippen molar-refractivity contribution in [2.24, 2.45) is 5.41 Å². The number of aliphatic carboxylic acids is 1. The number of urea groups is 1. The summed E-state index contributed by atoms with van der Waals surface area (Å²) >= 11 is 0. The predicted octanol–water partition coefficient (Wildman–Crippen LogP) is 2.02. The fourth-order valence-corrected chi connectivity index (χ4v) is 2.35. The van der Waals surface area contributed by atoms with Crippen molar-refractivity contribution in [3.63, 3.8) is 0 Å². The Morgan fingerprint density at radius 1 is 1.44 bits per heavy atom. The fourth-order valence-electron chi connectivity index (χ4n) is 2.35. The maximum Gasteiger partial charge on any atom is 0.320 e. The van der Waals surface area contributed by atoms with E-state index in [0.717, 1.165) is 6.42 Å². The van der Waals surface area contributed by atoms with Crippen molar-refractivity contribution in [2.45, 2.75) is 46.1 Å². The minimum Gasteiger partial charge on any atom is -0.481 e. The largest absolute Gasteiger partial charge is 0.481 e. The number of hydrogen-bond donors (Lipinski definition) is 1. The van der Waals surface area contributed by atoms with Crippen LogP contribution in [0.25, 0.3) is 0 Å². The molecule has 5 nitrogen and oxygen atoms in total.